The molecule has 1 heterocycles. The van der Waals surface area contributed by atoms with E-state index in [1.807, 2.05) is 6.92 Å². The average molecular weight is 356 g/mol. The standard InChI is InChI=1S/C20H21FN2O3/c1-2-26-17-10-8-16(9-11-17)22-19(24)18-7-4-12-23(18)20(25)14-5-3-6-15(21)13-14/h3,5-6,8-11,13,18H,2,4,7,12H2,1H3,(H,22,24). The number of anilines is 1. The minimum Gasteiger partial charge on any atom is -0.494 e. The van der Waals surface area contributed by atoms with Crippen molar-refractivity contribution in [1.29, 1.82) is 0 Å². The molecule has 6 heteroatoms. The van der Waals surface area contributed by atoms with Crippen LogP contribution in [-0.2, 0) is 4.79 Å². The Morgan fingerprint density at radius 1 is 1.23 bits per heavy atom. The second kappa shape index (κ2) is 7.99. The lowest BCUT2D eigenvalue weighted by Crippen LogP contribution is -2.43. The van der Waals surface area contributed by atoms with E-state index >= 15 is 0 Å². The fraction of sp³-hybridized carbons (Fsp3) is 0.300. The Bertz CT molecular complexity index is 792. The first-order valence-corrected chi connectivity index (χ1v) is 8.68. The summed E-state index contributed by atoms with van der Waals surface area (Å²) in [6.45, 7) is 2.96. The van der Waals surface area contributed by atoms with Gasteiger partial charge in [-0.25, -0.2) is 4.39 Å². The lowest BCUT2D eigenvalue weighted by atomic mass is 10.1. The Morgan fingerprint density at radius 2 is 2.00 bits per heavy atom. The predicted molar refractivity (Wildman–Crippen MR) is 96.7 cm³/mol. The van der Waals surface area contributed by atoms with Gasteiger partial charge in [-0.3, -0.25) is 9.59 Å². The molecule has 1 fully saturated rings. The van der Waals surface area contributed by atoms with Gasteiger partial charge in [0.05, 0.1) is 6.61 Å². The molecule has 0 bridgehead atoms. The van der Waals surface area contributed by atoms with Crippen LogP contribution in [0.25, 0.3) is 0 Å². The molecule has 0 aromatic heterocycles. The number of halogens is 1. The number of carbonyl (C=O) groups is 2. The van der Waals surface area contributed by atoms with Gasteiger partial charge < -0.3 is 15.0 Å². The van der Waals surface area contributed by atoms with Gasteiger partial charge in [-0.05, 0) is 62.2 Å². The van der Waals surface area contributed by atoms with E-state index in [-0.39, 0.29) is 17.4 Å². The first-order valence-electron chi connectivity index (χ1n) is 8.68. The Morgan fingerprint density at radius 3 is 2.69 bits per heavy atom. The summed E-state index contributed by atoms with van der Waals surface area (Å²) in [5, 5.41) is 2.84. The molecule has 3 rings (SSSR count). The van der Waals surface area contributed by atoms with Crippen LogP contribution >= 0.6 is 0 Å². The smallest absolute Gasteiger partial charge is 0.254 e. The van der Waals surface area contributed by atoms with Gasteiger partial charge >= 0.3 is 0 Å². The SMILES string of the molecule is CCOc1ccc(NC(=O)C2CCCN2C(=O)c2cccc(F)c2)cc1. The number of amides is 2. The number of rotatable bonds is 5. The van der Waals surface area contributed by atoms with Gasteiger partial charge in [0.2, 0.25) is 5.91 Å². The van der Waals surface area contributed by atoms with Crippen LogP contribution in [0.2, 0.25) is 0 Å². The molecule has 1 atom stereocenters. The van der Waals surface area contributed by atoms with Crippen molar-refractivity contribution >= 4 is 17.5 Å². The van der Waals surface area contributed by atoms with Gasteiger partial charge in [0.25, 0.3) is 5.91 Å². The largest absolute Gasteiger partial charge is 0.494 e. The number of nitrogens with zero attached hydrogens (tertiary/aromatic N) is 1. The van der Waals surface area contributed by atoms with Gasteiger partial charge in [0.1, 0.15) is 17.6 Å². The summed E-state index contributed by atoms with van der Waals surface area (Å²) in [5.74, 6) is -0.301. The molecular formula is C20H21FN2O3. The fourth-order valence-corrected chi connectivity index (χ4v) is 3.10. The molecule has 1 N–H and O–H groups in total. The monoisotopic (exact) mass is 356 g/mol. The van der Waals surface area contributed by atoms with E-state index in [2.05, 4.69) is 5.32 Å². The number of ether oxygens (including phenoxy) is 1. The van der Waals surface area contributed by atoms with Crippen LogP contribution in [-0.4, -0.2) is 35.9 Å². The van der Waals surface area contributed by atoms with Crippen molar-refractivity contribution in [2.24, 2.45) is 0 Å². The second-order valence-corrected chi connectivity index (χ2v) is 6.11. The lowest BCUT2D eigenvalue weighted by Gasteiger charge is -2.24. The molecule has 0 aliphatic carbocycles. The van der Waals surface area contributed by atoms with E-state index in [9.17, 15) is 14.0 Å². The predicted octanol–water partition coefficient (Wildman–Crippen LogP) is 3.47. The summed E-state index contributed by atoms with van der Waals surface area (Å²) >= 11 is 0. The molecule has 1 saturated heterocycles. The van der Waals surface area contributed by atoms with Crippen LogP contribution in [0.5, 0.6) is 5.75 Å². The Kier molecular flexibility index (Phi) is 5.51. The van der Waals surface area contributed by atoms with Crippen LogP contribution < -0.4 is 10.1 Å². The summed E-state index contributed by atoms with van der Waals surface area (Å²) in [6, 6.07) is 12.1. The third-order valence-electron chi connectivity index (χ3n) is 4.32. The molecule has 5 nitrogen and oxygen atoms in total. The van der Waals surface area contributed by atoms with Crippen molar-refractivity contribution < 1.29 is 18.7 Å². The zero-order chi connectivity index (χ0) is 18.5. The van der Waals surface area contributed by atoms with E-state index in [1.54, 1.807) is 30.3 Å². The van der Waals surface area contributed by atoms with Crippen molar-refractivity contribution in [3.63, 3.8) is 0 Å². The van der Waals surface area contributed by atoms with Crippen molar-refractivity contribution in [1.82, 2.24) is 4.90 Å². The number of carbonyl (C=O) groups excluding carboxylic acids is 2. The van der Waals surface area contributed by atoms with Crippen LogP contribution in [0.4, 0.5) is 10.1 Å². The Labute approximate surface area is 151 Å². The van der Waals surface area contributed by atoms with Gasteiger partial charge in [0, 0.05) is 17.8 Å². The van der Waals surface area contributed by atoms with Crippen molar-refractivity contribution in [3.05, 3.63) is 59.9 Å². The number of likely N-dealkylation sites (tertiary alicyclic amines) is 1. The maximum atomic E-state index is 13.4. The Balaban J connectivity index is 1.69. The zero-order valence-corrected chi connectivity index (χ0v) is 14.6. The third kappa shape index (κ3) is 4.02. The van der Waals surface area contributed by atoms with Gasteiger partial charge in [-0.2, -0.15) is 0 Å². The molecule has 26 heavy (non-hydrogen) atoms. The molecular weight excluding hydrogens is 335 g/mol. The van der Waals surface area contributed by atoms with Gasteiger partial charge in [0.15, 0.2) is 0 Å². The van der Waals surface area contributed by atoms with Crippen LogP contribution in [0.3, 0.4) is 0 Å². The van der Waals surface area contributed by atoms with Gasteiger partial charge in [-0.1, -0.05) is 6.07 Å². The molecule has 136 valence electrons. The fourth-order valence-electron chi connectivity index (χ4n) is 3.10. The number of hydrogen-bond acceptors (Lipinski definition) is 3. The molecule has 1 aliphatic rings. The average Bonchev–Trinajstić information content (AvgIpc) is 3.13. The maximum absolute atomic E-state index is 13.4. The van der Waals surface area contributed by atoms with Crippen molar-refractivity contribution in [2.75, 3.05) is 18.5 Å². The highest BCUT2D eigenvalue weighted by Crippen LogP contribution is 2.23. The summed E-state index contributed by atoms with van der Waals surface area (Å²) in [6.07, 6.45) is 1.33. The summed E-state index contributed by atoms with van der Waals surface area (Å²) in [5.41, 5.74) is 0.897. The molecule has 1 unspecified atom stereocenters. The molecule has 1 aliphatic heterocycles. The summed E-state index contributed by atoms with van der Waals surface area (Å²) < 4.78 is 18.8. The molecule has 2 aromatic carbocycles. The normalized spacial score (nSPS) is 16.4. The molecule has 0 saturated carbocycles. The summed E-state index contributed by atoms with van der Waals surface area (Å²) in [4.78, 5) is 26.8. The van der Waals surface area contributed by atoms with E-state index in [1.165, 1.54) is 23.1 Å². The summed E-state index contributed by atoms with van der Waals surface area (Å²) in [7, 11) is 0. The van der Waals surface area contributed by atoms with E-state index in [0.717, 1.165) is 12.2 Å². The topological polar surface area (TPSA) is 58.6 Å². The number of benzene rings is 2. The zero-order valence-electron chi connectivity index (χ0n) is 14.6. The quantitative estimate of drug-likeness (QED) is 0.892. The van der Waals surface area contributed by atoms with E-state index in [0.29, 0.717) is 25.3 Å². The molecule has 0 radical (unpaired) electrons. The highest BCUT2D eigenvalue weighted by molar-refractivity contribution is 6.01. The first kappa shape index (κ1) is 17.9. The van der Waals surface area contributed by atoms with E-state index < -0.39 is 11.9 Å². The number of nitrogens with one attached hydrogen (secondary N) is 1. The first-order chi connectivity index (χ1) is 12.6. The van der Waals surface area contributed by atoms with Crippen molar-refractivity contribution in [2.45, 2.75) is 25.8 Å². The van der Waals surface area contributed by atoms with Crippen molar-refractivity contribution in [3.8, 4) is 5.75 Å². The minimum absolute atomic E-state index is 0.239. The maximum Gasteiger partial charge on any atom is 0.254 e. The molecule has 2 aromatic rings. The van der Waals surface area contributed by atoms with Crippen LogP contribution in [0, 0.1) is 5.82 Å². The van der Waals surface area contributed by atoms with E-state index in [4.69, 9.17) is 4.74 Å². The van der Waals surface area contributed by atoms with Crippen LogP contribution in [0.15, 0.2) is 48.5 Å². The minimum atomic E-state index is -0.558. The number of hydrogen-bond donors (Lipinski definition) is 1. The van der Waals surface area contributed by atoms with Gasteiger partial charge in [-0.15, -0.1) is 0 Å². The molecule has 0 spiro atoms. The highest BCUT2D eigenvalue weighted by Gasteiger charge is 2.34. The molecule has 2 amide bonds. The van der Waals surface area contributed by atoms with Crippen LogP contribution in [0.1, 0.15) is 30.1 Å². The highest BCUT2D eigenvalue weighted by atomic mass is 19.1. The Hall–Kier alpha value is -2.89. The second-order valence-electron chi connectivity index (χ2n) is 6.11. The lowest BCUT2D eigenvalue weighted by molar-refractivity contribution is -0.119. The third-order valence-corrected chi connectivity index (χ3v) is 4.32.